The second kappa shape index (κ2) is 8.74. The van der Waals surface area contributed by atoms with Crippen molar-refractivity contribution < 1.29 is 9.53 Å². The third-order valence-corrected chi connectivity index (χ3v) is 4.79. The number of carbonyl (C=O) groups is 1. The van der Waals surface area contributed by atoms with Crippen LogP contribution in [0.4, 0.5) is 11.6 Å². The van der Waals surface area contributed by atoms with Crippen molar-refractivity contribution in [2.24, 2.45) is 0 Å². The number of hydrogen-bond donors (Lipinski definition) is 1. The van der Waals surface area contributed by atoms with E-state index in [-0.39, 0.29) is 5.78 Å². The second-order valence-corrected chi connectivity index (χ2v) is 7.25. The van der Waals surface area contributed by atoms with Crippen molar-refractivity contribution in [2.45, 2.75) is 26.7 Å². The zero-order valence-corrected chi connectivity index (χ0v) is 17.1. The molecule has 150 valence electrons. The molecular weight excluding hydrogens is 374 g/mol. The molecule has 1 heterocycles. The number of fused-ring (bicyclic) bond motifs is 1. The Balaban J connectivity index is 1.47. The van der Waals surface area contributed by atoms with E-state index in [4.69, 9.17) is 4.74 Å². The molecule has 3 aromatic rings. The summed E-state index contributed by atoms with van der Waals surface area (Å²) in [7, 11) is 0. The molecule has 0 amide bonds. The number of carbonyl (C=O) groups excluding carboxylic acids is 1. The van der Waals surface area contributed by atoms with Gasteiger partial charge in [-0.05, 0) is 60.4 Å². The van der Waals surface area contributed by atoms with Crippen LogP contribution in [0.3, 0.4) is 0 Å². The van der Waals surface area contributed by atoms with Crippen LogP contribution in [0, 0.1) is 0 Å². The molecule has 1 aliphatic rings. The average molecular weight is 397 g/mol. The van der Waals surface area contributed by atoms with Gasteiger partial charge in [0.1, 0.15) is 5.75 Å². The lowest BCUT2D eigenvalue weighted by Gasteiger charge is -2.09. The van der Waals surface area contributed by atoms with Crippen molar-refractivity contribution in [1.82, 2.24) is 9.97 Å². The number of nitrogens with one attached hydrogen (secondary N) is 1. The van der Waals surface area contributed by atoms with Crippen LogP contribution in [0.25, 0.3) is 12.2 Å². The maximum atomic E-state index is 11.5. The van der Waals surface area contributed by atoms with Gasteiger partial charge in [-0.15, -0.1) is 0 Å². The lowest BCUT2D eigenvalue weighted by Crippen LogP contribution is -1.98. The molecule has 5 heteroatoms. The van der Waals surface area contributed by atoms with Crippen LogP contribution < -0.4 is 10.1 Å². The van der Waals surface area contributed by atoms with Gasteiger partial charge < -0.3 is 10.1 Å². The Kier molecular flexibility index (Phi) is 5.70. The Labute approximate surface area is 176 Å². The molecule has 2 aromatic carbocycles. The highest BCUT2D eigenvalue weighted by Crippen LogP contribution is 2.30. The molecule has 0 bridgehead atoms. The molecule has 30 heavy (non-hydrogen) atoms. The molecule has 4 rings (SSSR count). The first-order chi connectivity index (χ1) is 14.6. The smallest absolute Gasteiger partial charge is 0.230 e. The topological polar surface area (TPSA) is 64.1 Å². The Hall–Kier alpha value is -3.73. The summed E-state index contributed by atoms with van der Waals surface area (Å²) < 4.78 is 5.95. The monoisotopic (exact) mass is 397 g/mol. The lowest BCUT2D eigenvalue weighted by molar-refractivity contribution is -0.114. The summed E-state index contributed by atoms with van der Waals surface area (Å²) in [6, 6.07) is 15.5. The minimum atomic E-state index is 0.0961. The van der Waals surface area contributed by atoms with E-state index in [1.807, 2.05) is 43.3 Å². The van der Waals surface area contributed by atoms with Crippen LogP contribution in [0.5, 0.6) is 11.6 Å². The Morgan fingerprint density at radius 2 is 2.10 bits per heavy atom. The number of hydrogen-bond acceptors (Lipinski definition) is 5. The van der Waals surface area contributed by atoms with Crippen LogP contribution >= 0.6 is 0 Å². The van der Waals surface area contributed by atoms with Crippen molar-refractivity contribution in [3.05, 3.63) is 83.1 Å². The van der Waals surface area contributed by atoms with Crippen LogP contribution in [0.15, 0.2) is 66.4 Å². The van der Waals surface area contributed by atoms with E-state index in [1.54, 1.807) is 24.4 Å². The van der Waals surface area contributed by atoms with E-state index in [0.717, 1.165) is 23.4 Å². The summed E-state index contributed by atoms with van der Waals surface area (Å²) in [4.78, 5) is 20.2. The molecule has 0 atom stereocenters. The number of aromatic nitrogens is 2. The van der Waals surface area contributed by atoms with Crippen molar-refractivity contribution in [3.63, 3.8) is 0 Å². The molecular formula is C25H23N3O2. The zero-order chi connectivity index (χ0) is 20.9. The highest BCUT2D eigenvalue weighted by Gasteiger charge is 2.11. The summed E-state index contributed by atoms with van der Waals surface area (Å²) >= 11 is 0. The fourth-order valence-corrected chi connectivity index (χ4v) is 3.28. The van der Waals surface area contributed by atoms with Gasteiger partial charge in [0.2, 0.25) is 11.8 Å². The summed E-state index contributed by atoms with van der Waals surface area (Å²) in [6.45, 7) is 3.98. The standard InChI is InChI=1S/C25H23N3O2/c1-3-22(29)9-7-18-5-4-6-21(15-18)27-25-26-12-11-24(28-25)30-23-10-8-19-13-17(2)14-20(19)16-23/h4-12,14-16H,3,13H2,1-2H3,(H,26,27,28)/b9-7+. The number of ketones is 1. The van der Waals surface area contributed by atoms with E-state index >= 15 is 0 Å². The van der Waals surface area contributed by atoms with Gasteiger partial charge in [0.25, 0.3) is 0 Å². The highest BCUT2D eigenvalue weighted by molar-refractivity contribution is 5.93. The highest BCUT2D eigenvalue weighted by atomic mass is 16.5. The number of ether oxygens (including phenoxy) is 1. The van der Waals surface area contributed by atoms with Crippen molar-refractivity contribution >= 4 is 29.6 Å². The molecule has 1 N–H and O–H groups in total. The quantitative estimate of drug-likeness (QED) is 0.498. The molecule has 0 spiro atoms. The van der Waals surface area contributed by atoms with Gasteiger partial charge in [0.05, 0.1) is 0 Å². The van der Waals surface area contributed by atoms with Gasteiger partial charge in [0.15, 0.2) is 5.78 Å². The number of nitrogens with zero attached hydrogens (tertiary/aromatic N) is 2. The molecule has 0 saturated heterocycles. The summed E-state index contributed by atoms with van der Waals surface area (Å²) in [5.41, 5.74) is 5.63. The van der Waals surface area contributed by atoms with Crippen LogP contribution in [-0.4, -0.2) is 15.8 Å². The third kappa shape index (κ3) is 4.81. The maximum absolute atomic E-state index is 11.5. The van der Waals surface area contributed by atoms with Gasteiger partial charge in [0, 0.05) is 24.4 Å². The fraction of sp³-hybridized carbons (Fsp3) is 0.160. The predicted octanol–water partition coefficient (Wildman–Crippen LogP) is 5.96. The zero-order valence-electron chi connectivity index (χ0n) is 17.1. The molecule has 1 aliphatic carbocycles. The average Bonchev–Trinajstić information content (AvgIpc) is 3.12. The number of allylic oxidation sites excluding steroid dienone is 2. The molecule has 0 fully saturated rings. The maximum Gasteiger partial charge on any atom is 0.230 e. The van der Waals surface area contributed by atoms with E-state index in [0.29, 0.717) is 18.2 Å². The van der Waals surface area contributed by atoms with E-state index < -0.39 is 0 Å². The van der Waals surface area contributed by atoms with E-state index in [2.05, 4.69) is 34.4 Å². The summed E-state index contributed by atoms with van der Waals surface area (Å²) in [5, 5.41) is 3.19. The van der Waals surface area contributed by atoms with Crippen LogP contribution in [0.2, 0.25) is 0 Å². The molecule has 0 saturated carbocycles. The minimum Gasteiger partial charge on any atom is -0.439 e. The predicted molar refractivity (Wildman–Crippen MR) is 120 cm³/mol. The van der Waals surface area contributed by atoms with Crippen molar-refractivity contribution in [2.75, 3.05) is 5.32 Å². The SMILES string of the molecule is CCC(=O)/C=C/c1cccc(Nc2nccc(Oc3ccc4c(c3)C=C(C)C4)n2)c1. The van der Waals surface area contributed by atoms with Crippen LogP contribution in [0.1, 0.15) is 37.0 Å². The van der Waals surface area contributed by atoms with Crippen LogP contribution in [-0.2, 0) is 11.2 Å². The van der Waals surface area contributed by atoms with Gasteiger partial charge in [-0.1, -0.05) is 42.8 Å². The Bertz CT molecular complexity index is 1150. The first kappa shape index (κ1) is 19.6. The van der Waals surface area contributed by atoms with Gasteiger partial charge in [-0.2, -0.15) is 4.98 Å². The first-order valence-electron chi connectivity index (χ1n) is 9.98. The molecule has 0 aliphatic heterocycles. The second-order valence-electron chi connectivity index (χ2n) is 7.25. The third-order valence-electron chi connectivity index (χ3n) is 4.79. The molecule has 0 radical (unpaired) electrons. The number of benzene rings is 2. The van der Waals surface area contributed by atoms with E-state index in [9.17, 15) is 4.79 Å². The van der Waals surface area contributed by atoms with E-state index in [1.165, 1.54) is 16.7 Å². The Morgan fingerprint density at radius 1 is 1.20 bits per heavy atom. The molecule has 0 unspecified atom stereocenters. The first-order valence-corrected chi connectivity index (χ1v) is 9.98. The summed E-state index contributed by atoms with van der Waals surface area (Å²) in [6.07, 6.45) is 8.74. The minimum absolute atomic E-state index is 0.0961. The largest absolute Gasteiger partial charge is 0.439 e. The number of rotatable bonds is 7. The number of anilines is 2. The van der Waals surface area contributed by atoms with Gasteiger partial charge in [-0.25, -0.2) is 4.98 Å². The molecule has 5 nitrogen and oxygen atoms in total. The van der Waals surface area contributed by atoms with Crippen molar-refractivity contribution in [3.8, 4) is 11.6 Å². The Morgan fingerprint density at radius 3 is 2.97 bits per heavy atom. The van der Waals surface area contributed by atoms with Gasteiger partial charge >= 0.3 is 0 Å². The fourth-order valence-electron chi connectivity index (χ4n) is 3.28. The normalized spacial score (nSPS) is 12.5. The molecule has 1 aromatic heterocycles. The van der Waals surface area contributed by atoms with Crippen molar-refractivity contribution in [1.29, 1.82) is 0 Å². The van der Waals surface area contributed by atoms with Gasteiger partial charge in [-0.3, -0.25) is 4.79 Å². The lowest BCUT2D eigenvalue weighted by atomic mass is 10.1. The summed E-state index contributed by atoms with van der Waals surface area (Å²) in [5.74, 6) is 1.75.